The van der Waals surface area contributed by atoms with Gasteiger partial charge in [-0.3, -0.25) is 0 Å². The molecule has 11 heavy (non-hydrogen) atoms. The van der Waals surface area contributed by atoms with Gasteiger partial charge in [0.1, 0.15) is 0 Å². The van der Waals surface area contributed by atoms with E-state index in [0.29, 0.717) is 0 Å². The summed E-state index contributed by atoms with van der Waals surface area (Å²) in [6, 6.07) is 0. The number of esters is 1. The Kier molecular flexibility index (Phi) is 6.40. The topological polar surface area (TPSA) is 92.8 Å². The van der Waals surface area contributed by atoms with Crippen LogP contribution in [0.3, 0.4) is 0 Å². The second-order valence-corrected chi connectivity index (χ2v) is 1.96. The van der Waals surface area contributed by atoms with E-state index < -0.39 is 24.7 Å². The van der Waals surface area contributed by atoms with Gasteiger partial charge in [0.2, 0.25) is 0 Å². The van der Waals surface area contributed by atoms with Gasteiger partial charge in [0.25, 0.3) is 0 Å². The molecule has 68 valence electrons. The smallest absolute Gasteiger partial charge is 0.330 e. The molecule has 0 aliphatic carbocycles. The van der Waals surface area contributed by atoms with Crippen LogP contribution in [0, 0.1) is 0 Å². The van der Waals surface area contributed by atoms with Crippen molar-refractivity contribution in [2.45, 2.75) is 5.54 Å². The Morgan fingerprint density at radius 3 is 2.00 bits per heavy atom. The zero-order valence-electron chi connectivity index (χ0n) is 6.11. The molecule has 0 unspecified atom stereocenters. The van der Waals surface area contributed by atoms with Crippen molar-refractivity contribution in [1.29, 1.82) is 0 Å². The molecular formula is C5H12ClNO4. The number of aliphatic hydroxyl groups excluding tert-OH is 2. The van der Waals surface area contributed by atoms with E-state index in [1.165, 1.54) is 0 Å². The molecule has 0 aromatic heterocycles. The summed E-state index contributed by atoms with van der Waals surface area (Å²) in [7, 11) is 1.13. The summed E-state index contributed by atoms with van der Waals surface area (Å²) >= 11 is 0. The van der Waals surface area contributed by atoms with E-state index >= 15 is 0 Å². The van der Waals surface area contributed by atoms with Crippen LogP contribution in [-0.4, -0.2) is 42.0 Å². The summed E-state index contributed by atoms with van der Waals surface area (Å²) in [4.78, 5) is 10.6. The molecule has 0 aliphatic rings. The van der Waals surface area contributed by atoms with Crippen LogP contribution in [0.25, 0.3) is 0 Å². The minimum Gasteiger partial charge on any atom is -0.468 e. The van der Waals surface area contributed by atoms with Crippen LogP contribution in [0.1, 0.15) is 0 Å². The third-order valence-corrected chi connectivity index (χ3v) is 1.16. The molecule has 0 fully saturated rings. The highest BCUT2D eigenvalue weighted by atomic mass is 35.5. The first kappa shape index (κ1) is 13.2. The lowest BCUT2D eigenvalue weighted by atomic mass is 10.1. The van der Waals surface area contributed by atoms with Gasteiger partial charge >= 0.3 is 5.97 Å². The van der Waals surface area contributed by atoms with Gasteiger partial charge in [0.05, 0.1) is 20.3 Å². The summed E-state index contributed by atoms with van der Waals surface area (Å²) < 4.78 is 4.21. The van der Waals surface area contributed by atoms with E-state index in [-0.39, 0.29) is 12.4 Å². The van der Waals surface area contributed by atoms with Crippen molar-refractivity contribution in [3.05, 3.63) is 0 Å². The zero-order chi connectivity index (χ0) is 8.20. The quantitative estimate of drug-likeness (QED) is 0.454. The molecule has 0 spiro atoms. The fourth-order valence-electron chi connectivity index (χ4n) is 0.382. The van der Waals surface area contributed by atoms with Crippen LogP contribution >= 0.6 is 12.4 Å². The maximum atomic E-state index is 10.6. The van der Waals surface area contributed by atoms with E-state index in [9.17, 15) is 4.79 Å². The lowest BCUT2D eigenvalue weighted by Gasteiger charge is -2.20. The monoisotopic (exact) mass is 185 g/mol. The van der Waals surface area contributed by atoms with Gasteiger partial charge in [-0.25, -0.2) is 4.79 Å². The average Bonchev–Trinajstić information content (AvgIpc) is 2.01. The van der Waals surface area contributed by atoms with Crippen LogP contribution in [0.5, 0.6) is 0 Å². The molecule has 0 heterocycles. The number of hydrogen-bond acceptors (Lipinski definition) is 5. The number of nitrogens with two attached hydrogens (primary N) is 1. The fourth-order valence-corrected chi connectivity index (χ4v) is 0.382. The Morgan fingerprint density at radius 2 is 1.91 bits per heavy atom. The Bertz CT molecular complexity index is 126. The van der Waals surface area contributed by atoms with E-state index in [1.807, 2.05) is 0 Å². The van der Waals surface area contributed by atoms with Gasteiger partial charge in [-0.15, -0.1) is 12.4 Å². The summed E-state index contributed by atoms with van der Waals surface area (Å²) in [6.45, 7) is -1.26. The third-order valence-electron chi connectivity index (χ3n) is 1.16. The second kappa shape index (κ2) is 5.31. The third kappa shape index (κ3) is 3.02. The van der Waals surface area contributed by atoms with E-state index in [0.717, 1.165) is 7.11 Å². The normalized spacial score (nSPS) is 10.2. The maximum absolute atomic E-state index is 10.6. The fraction of sp³-hybridized carbons (Fsp3) is 0.800. The van der Waals surface area contributed by atoms with Crippen LogP contribution in [0.15, 0.2) is 0 Å². The van der Waals surface area contributed by atoms with Gasteiger partial charge in [0.15, 0.2) is 5.54 Å². The molecular weight excluding hydrogens is 174 g/mol. The Balaban J connectivity index is 0. The van der Waals surface area contributed by atoms with E-state index in [2.05, 4.69) is 4.74 Å². The molecule has 0 bridgehead atoms. The number of aliphatic hydroxyl groups is 2. The maximum Gasteiger partial charge on any atom is 0.330 e. The van der Waals surface area contributed by atoms with Gasteiger partial charge in [-0.05, 0) is 0 Å². The standard InChI is InChI=1S/C5H11NO4.ClH/c1-10-4(9)5(6,2-7)3-8;/h7-8H,2-3,6H2,1H3;1H. The molecule has 5 nitrogen and oxygen atoms in total. The summed E-state index contributed by atoms with van der Waals surface area (Å²) in [5.74, 6) is -0.822. The largest absolute Gasteiger partial charge is 0.468 e. The minimum atomic E-state index is -1.66. The lowest BCUT2D eigenvalue weighted by molar-refractivity contribution is -0.150. The molecule has 0 aliphatic heterocycles. The van der Waals surface area contributed by atoms with Crippen molar-refractivity contribution in [1.82, 2.24) is 0 Å². The Hall–Kier alpha value is -0.360. The second-order valence-electron chi connectivity index (χ2n) is 1.96. The molecule has 0 aromatic carbocycles. The molecule has 6 heteroatoms. The predicted octanol–water partition coefficient (Wildman–Crippen LogP) is -1.74. The van der Waals surface area contributed by atoms with Crippen molar-refractivity contribution in [3.8, 4) is 0 Å². The first-order valence-electron chi connectivity index (χ1n) is 2.69. The number of carbonyl (C=O) groups excluding carboxylic acids is 1. The molecule has 4 N–H and O–H groups in total. The molecule has 0 saturated heterocycles. The number of rotatable bonds is 3. The van der Waals surface area contributed by atoms with Gasteiger partial charge in [-0.2, -0.15) is 0 Å². The molecule has 0 rings (SSSR count). The highest BCUT2D eigenvalue weighted by molar-refractivity contribution is 5.85. The first-order chi connectivity index (χ1) is 4.60. The van der Waals surface area contributed by atoms with Gasteiger partial charge in [0, 0.05) is 0 Å². The first-order valence-corrected chi connectivity index (χ1v) is 2.69. The summed E-state index contributed by atoms with van der Waals surface area (Å²) in [5, 5.41) is 17.0. The summed E-state index contributed by atoms with van der Waals surface area (Å²) in [5.41, 5.74) is 3.52. The highest BCUT2D eigenvalue weighted by Crippen LogP contribution is 1.99. The van der Waals surface area contributed by atoms with Crippen molar-refractivity contribution < 1.29 is 19.7 Å². The number of carbonyl (C=O) groups is 1. The van der Waals surface area contributed by atoms with Crippen molar-refractivity contribution in [2.75, 3.05) is 20.3 Å². The van der Waals surface area contributed by atoms with Crippen LogP contribution in [-0.2, 0) is 9.53 Å². The van der Waals surface area contributed by atoms with Gasteiger partial charge < -0.3 is 20.7 Å². The van der Waals surface area contributed by atoms with Gasteiger partial charge in [-0.1, -0.05) is 0 Å². The Labute approximate surface area is 70.6 Å². The summed E-state index contributed by atoms with van der Waals surface area (Å²) in [6.07, 6.45) is 0. The van der Waals surface area contributed by atoms with Crippen molar-refractivity contribution >= 4 is 18.4 Å². The average molecular weight is 186 g/mol. The SMILES string of the molecule is COC(=O)C(N)(CO)CO.Cl. The molecule has 0 atom stereocenters. The molecule has 0 saturated carbocycles. The van der Waals surface area contributed by atoms with Crippen LogP contribution in [0.2, 0.25) is 0 Å². The minimum absolute atomic E-state index is 0. The zero-order valence-corrected chi connectivity index (χ0v) is 6.93. The highest BCUT2D eigenvalue weighted by Gasteiger charge is 2.33. The number of ether oxygens (including phenoxy) is 1. The van der Waals surface area contributed by atoms with Crippen LogP contribution in [0.4, 0.5) is 0 Å². The predicted molar refractivity (Wildman–Crippen MR) is 40.4 cm³/mol. The lowest BCUT2D eigenvalue weighted by Crippen LogP contribution is -2.55. The molecule has 0 aromatic rings. The number of methoxy groups -OCH3 is 1. The molecule has 0 amide bonds. The van der Waals surface area contributed by atoms with E-state index in [4.69, 9.17) is 15.9 Å². The number of hydrogen-bond donors (Lipinski definition) is 3. The molecule has 0 radical (unpaired) electrons. The Morgan fingerprint density at radius 1 is 1.55 bits per heavy atom. The number of halogens is 1. The van der Waals surface area contributed by atoms with Crippen LogP contribution < -0.4 is 5.73 Å². The van der Waals surface area contributed by atoms with E-state index in [1.54, 1.807) is 0 Å². The van der Waals surface area contributed by atoms with Crippen molar-refractivity contribution in [3.63, 3.8) is 0 Å². The van der Waals surface area contributed by atoms with Crippen molar-refractivity contribution in [2.24, 2.45) is 5.73 Å².